The van der Waals surface area contributed by atoms with Crippen LogP contribution in [0.4, 0.5) is 5.69 Å². The summed E-state index contributed by atoms with van der Waals surface area (Å²) in [4.78, 5) is 0. The molecule has 1 fully saturated rings. The summed E-state index contributed by atoms with van der Waals surface area (Å²) in [6.07, 6.45) is 5.19. The van der Waals surface area contributed by atoms with Crippen LogP contribution in [-0.4, -0.2) is 6.04 Å². The Morgan fingerprint density at radius 3 is 2.33 bits per heavy atom. The van der Waals surface area contributed by atoms with Crippen molar-refractivity contribution in [2.45, 2.75) is 45.6 Å². The zero-order valence-electron chi connectivity index (χ0n) is 9.79. The molecule has 1 unspecified atom stereocenters. The molecule has 2 rings (SSSR count). The number of benzene rings is 1. The maximum atomic E-state index is 3.64. The number of rotatable bonds is 5. The zero-order chi connectivity index (χ0) is 10.7. The lowest BCUT2D eigenvalue weighted by Crippen LogP contribution is -2.20. The van der Waals surface area contributed by atoms with E-state index in [4.69, 9.17) is 0 Å². The Balaban J connectivity index is 1.96. The number of anilines is 1. The summed E-state index contributed by atoms with van der Waals surface area (Å²) >= 11 is 0. The van der Waals surface area contributed by atoms with Gasteiger partial charge >= 0.3 is 0 Å². The Morgan fingerprint density at radius 2 is 1.87 bits per heavy atom. The molecule has 1 aromatic rings. The Labute approximate surface area is 92.9 Å². The highest BCUT2D eigenvalue weighted by molar-refractivity contribution is 5.45. The molecule has 0 heterocycles. The molecule has 1 saturated carbocycles. The van der Waals surface area contributed by atoms with Crippen molar-refractivity contribution in [1.82, 2.24) is 0 Å². The topological polar surface area (TPSA) is 12.0 Å². The van der Waals surface area contributed by atoms with E-state index in [1.165, 1.54) is 30.5 Å². The molecule has 1 heteroatoms. The van der Waals surface area contributed by atoms with Crippen molar-refractivity contribution in [3.8, 4) is 0 Å². The molecule has 82 valence electrons. The first-order chi connectivity index (χ1) is 7.33. The maximum absolute atomic E-state index is 3.64. The average Bonchev–Trinajstić information content (AvgIpc) is 3.10. The highest BCUT2D eigenvalue weighted by Crippen LogP contribution is 2.35. The fraction of sp³-hybridized carbons (Fsp3) is 0.571. The van der Waals surface area contributed by atoms with Gasteiger partial charge in [0.05, 0.1) is 0 Å². The largest absolute Gasteiger partial charge is 0.382 e. The van der Waals surface area contributed by atoms with Crippen molar-refractivity contribution >= 4 is 5.69 Å². The van der Waals surface area contributed by atoms with Crippen LogP contribution < -0.4 is 5.32 Å². The van der Waals surface area contributed by atoms with E-state index in [0.717, 1.165) is 12.3 Å². The van der Waals surface area contributed by atoms with Crippen LogP contribution in [0.2, 0.25) is 0 Å². The van der Waals surface area contributed by atoms with Gasteiger partial charge in [-0.2, -0.15) is 0 Å². The third kappa shape index (κ3) is 2.74. The Hall–Kier alpha value is -0.980. The lowest BCUT2D eigenvalue weighted by molar-refractivity contribution is 0.616. The molecule has 0 saturated heterocycles. The first kappa shape index (κ1) is 10.5. The van der Waals surface area contributed by atoms with Crippen LogP contribution in [0.1, 0.15) is 38.7 Å². The van der Waals surface area contributed by atoms with E-state index in [0.29, 0.717) is 6.04 Å². The molecule has 1 N–H and O–H groups in total. The standard InChI is InChI=1S/C14H21N/c1-3-11-5-9-13(10-6-11)15-14(4-2)12-7-8-12/h5-6,9-10,12,14-15H,3-4,7-8H2,1-2H3. The van der Waals surface area contributed by atoms with Crippen LogP contribution >= 0.6 is 0 Å². The third-order valence-electron chi connectivity index (χ3n) is 3.35. The summed E-state index contributed by atoms with van der Waals surface area (Å²) in [5.41, 5.74) is 2.70. The fourth-order valence-corrected chi connectivity index (χ4v) is 2.10. The lowest BCUT2D eigenvalue weighted by Gasteiger charge is -2.17. The van der Waals surface area contributed by atoms with Crippen molar-refractivity contribution in [2.24, 2.45) is 5.92 Å². The molecule has 1 aliphatic rings. The second kappa shape index (κ2) is 4.69. The van der Waals surface area contributed by atoms with Gasteiger partial charge in [-0.25, -0.2) is 0 Å². The van der Waals surface area contributed by atoms with E-state index in [1.54, 1.807) is 0 Å². The highest BCUT2D eigenvalue weighted by atomic mass is 14.9. The van der Waals surface area contributed by atoms with E-state index in [2.05, 4.69) is 43.4 Å². The Morgan fingerprint density at radius 1 is 1.20 bits per heavy atom. The summed E-state index contributed by atoms with van der Waals surface area (Å²) in [6.45, 7) is 4.47. The molecule has 1 nitrogen and oxygen atoms in total. The van der Waals surface area contributed by atoms with Crippen molar-refractivity contribution in [1.29, 1.82) is 0 Å². The molecule has 1 atom stereocenters. The normalized spacial score (nSPS) is 17.5. The number of aryl methyl sites for hydroxylation is 1. The quantitative estimate of drug-likeness (QED) is 0.766. The van der Waals surface area contributed by atoms with Crippen molar-refractivity contribution < 1.29 is 0 Å². The minimum atomic E-state index is 0.692. The van der Waals surface area contributed by atoms with Crippen LogP contribution in [-0.2, 0) is 6.42 Å². The second-order valence-electron chi connectivity index (χ2n) is 4.55. The molecule has 0 spiro atoms. The van der Waals surface area contributed by atoms with Gasteiger partial charge in [-0.15, -0.1) is 0 Å². The van der Waals surface area contributed by atoms with Crippen molar-refractivity contribution in [3.63, 3.8) is 0 Å². The fourth-order valence-electron chi connectivity index (χ4n) is 2.10. The van der Waals surface area contributed by atoms with Gasteiger partial charge in [0.2, 0.25) is 0 Å². The van der Waals surface area contributed by atoms with Gasteiger partial charge in [0.15, 0.2) is 0 Å². The van der Waals surface area contributed by atoms with Gasteiger partial charge < -0.3 is 5.32 Å². The molecular formula is C14H21N. The molecule has 0 aliphatic heterocycles. The molecule has 15 heavy (non-hydrogen) atoms. The van der Waals surface area contributed by atoms with Crippen LogP contribution in [0.25, 0.3) is 0 Å². The van der Waals surface area contributed by atoms with Gasteiger partial charge in [0.1, 0.15) is 0 Å². The van der Waals surface area contributed by atoms with Crippen molar-refractivity contribution in [2.75, 3.05) is 5.32 Å². The Kier molecular flexibility index (Phi) is 3.30. The zero-order valence-corrected chi connectivity index (χ0v) is 9.79. The van der Waals surface area contributed by atoms with E-state index in [9.17, 15) is 0 Å². The van der Waals surface area contributed by atoms with E-state index < -0.39 is 0 Å². The summed E-state index contributed by atoms with van der Waals surface area (Å²) < 4.78 is 0. The van der Waals surface area contributed by atoms with E-state index >= 15 is 0 Å². The minimum Gasteiger partial charge on any atom is -0.382 e. The first-order valence-electron chi connectivity index (χ1n) is 6.19. The van der Waals surface area contributed by atoms with Crippen molar-refractivity contribution in [3.05, 3.63) is 29.8 Å². The van der Waals surface area contributed by atoms with E-state index in [-0.39, 0.29) is 0 Å². The highest BCUT2D eigenvalue weighted by Gasteiger charge is 2.29. The number of hydrogen-bond acceptors (Lipinski definition) is 1. The van der Waals surface area contributed by atoms with Gasteiger partial charge in [-0.05, 0) is 49.3 Å². The molecule has 0 radical (unpaired) electrons. The summed E-state index contributed by atoms with van der Waals surface area (Å²) in [5.74, 6) is 0.931. The minimum absolute atomic E-state index is 0.692. The lowest BCUT2D eigenvalue weighted by atomic mass is 10.1. The average molecular weight is 203 g/mol. The number of nitrogens with one attached hydrogen (secondary N) is 1. The molecule has 0 aromatic heterocycles. The third-order valence-corrected chi connectivity index (χ3v) is 3.35. The number of hydrogen-bond donors (Lipinski definition) is 1. The SMILES string of the molecule is CCc1ccc(NC(CC)C2CC2)cc1. The van der Waals surface area contributed by atoms with Gasteiger partial charge in [-0.1, -0.05) is 26.0 Å². The van der Waals surface area contributed by atoms with Gasteiger partial charge in [0.25, 0.3) is 0 Å². The molecule has 0 bridgehead atoms. The maximum Gasteiger partial charge on any atom is 0.0342 e. The molecular weight excluding hydrogens is 182 g/mol. The van der Waals surface area contributed by atoms with Crippen LogP contribution in [0, 0.1) is 5.92 Å². The van der Waals surface area contributed by atoms with Crippen LogP contribution in [0.3, 0.4) is 0 Å². The van der Waals surface area contributed by atoms with Gasteiger partial charge in [0, 0.05) is 11.7 Å². The van der Waals surface area contributed by atoms with Crippen LogP contribution in [0.15, 0.2) is 24.3 Å². The predicted octanol–water partition coefficient (Wildman–Crippen LogP) is 3.85. The van der Waals surface area contributed by atoms with E-state index in [1.807, 2.05) is 0 Å². The Bertz CT molecular complexity index is 298. The van der Waals surface area contributed by atoms with Gasteiger partial charge in [-0.3, -0.25) is 0 Å². The second-order valence-corrected chi connectivity index (χ2v) is 4.55. The van der Waals surface area contributed by atoms with Crippen LogP contribution in [0.5, 0.6) is 0 Å². The predicted molar refractivity (Wildman–Crippen MR) is 66.2 cm³/mol. The molecule has 0 amide bonds. The smallest absolute Gasteiger partial charge is 0.0342 e. The molecule has 1 aromatic carbocycles. The summed E-state index contributed by atoms with van der Waals surface area (Å²) in [6, 6.07) is 9.56. The summed E-state index contributed by atoms with van der Waals surface area (Å²) in [5, 5.41) is 3.64. The first-order valence-corrected chi connectivity index (χ1v) is 6.19. The summed E-state index contributed by atoms with van der Waals surface area (Å²) in [7, 11) is 0. The molecule has 1 aliphatic carbocycles. The monoisotopic (exact) mass is 203 g/mol.